The second-order valence-corrected chi connectivity index (χ2v) is 7.83. The van der Waals surface area contributed by atoms with Gasteiger partial charge in [0.25, 0.3) is 0 Å². The highest BCUT2D eigenvalue weighted by Crippen LogP contribution is 2.22. The maximum Gasteiger partial charge on any atom is 0.230 e. The van der Waals surface area contributed by atoms with Crippen molar-refractivity contribution in [2.75, 3.05) is 36.0 Å². The van der Waals surface area contributed by atoms with E-state index in [9.17, 15) is 20.4 Å². The standard InChI is InChI=1S/C21H33N5O4/c1-14(27)10-25(11-15(2)28)20-22-19(18-8-6-5-7-9-18)23-21(24-20)26(12-16(3)29)13-17(4)30/h5-9,14-17,27-30H,10-13H2,1-4H3. The van der Waals surface area contributed by atoms with E-state index in [-0.39, 0.29) is 26.2 Å². The molecule has 4 unspecified atom stereocenters. The highest BCUT2D eigenvalue weighted by Gasteiger charge is 2.22. The molecule has 9 nitrogen and oxygen atoms in total. The fraction of sp³-hybridized carbons (Fsp3) is 0.571. The molecule has 0 bridgehead atoms. The first-order valence-corrected chi connectivity index (χ1v) is 10.2. The molecule has 0 spiro atoms. The number of rotatable bonds is 11. The molecular formula is C21H33N5O4. The second kappa shape index (κ2) is 11.2. The third-order valence-corrected chi connectivity index (χ3v) is 4.15. The molecule has 0 amide bonds. The van der Waals surface area contributed by atoms with Gasteiger partial charge in [0.2, 0.25) is 11.9 Å². The molecule has 1 aromatic heterocycles. The van der Waals surface area contributed by atoms with Crippen molar-refractivity contribution in [1.82, 2.24) is 15.0 Å². The predicted molar refractivity (Wildman–Crippen MR) is 116 cm³/mol. The topological polar surface area (TPSA) is 126 Å². The van der Waals surface area contributed by atoms with Crippen LogP contribution in [0.15, 0.2) is 30.3 Å². The van der Waals surface area contributed by atoms with Crippen molar-refractivity contribution in [3.8, 4) is 11.4 Å². The Morgan fingerprint density at radius 1 is 0.633 bits per heavy atom. The molecule has 0 radical (unpaired) electrons. The minimum atomic E-state index is -0.657. The van der Waals surface area contributed by atoms with Gasteiger partial charge in [0.15, 0.2) is 5.82 Å². The molecule has 1 heterocycles. The van der Waals surface area contributed by atoms with Crippen LogP contribution in [0.2, 0.25) is 0 Å². The Morgan fingerprint density at radius 3 is 1.33 bits per heavy atom. The molecule has 0 aliphatic rings. The maximum absolute atomic E-state index is 9.93. The lowest BCUT2D eigenvalue weighted by atomic mass is 10.2. The molecule has 1 aromatic carbocycles. The molecule has 9 heteroatoms. The van der Waals surface area contributed by atoms with E-state index in [1.807, 2.05) is 30.3 Å². The van der Waals surface area contributed by atoms with Gasteiger partial charge in [-0.25, -0.2) is 0 Å². The van der Waals surface area contributed by atoms with Gasteiger partial charge in [-0.05, 0) is 27.7 Å². The molecule has 30 heavy (non-hydrogen) atoms. The van der Waals surface area contributed by atoms with Gasteiger partial charge in [-0.15, -0.1) is 0 Å². The zero-order valence-corrected chi connectivity index (χ0v) is 18.0. The minimum absolute atomic E-state index is 0.232. The highest BCUT2D eigenvalue weighted by molar-refractivity contribution is 5.58. The van der Waals surface area contributed by atoms with Crippen LogP contribution in [0.1, 0.15) is 27.7 Å². The Labute approximate surface area is 177 Å². The van der Waals surface area contributed by atoms with Crippen LogP contribution >= 0.6 is 0 Å². The largest absolute Gasteiger partial charge is 0.392 e. The number of aliphatic hydroxyl groups excluding tert-OH is 4. The fourth-order valence-electron chi connectivity index (χ4n) is 3.10. The maximum atomic E-state index is 9.93. The van der Waals surface area contributed by atoms with Crippen LogP contribution in [-0.4, -0.2) is 86.0 Å². The van der Waals surface area contributed by atoms with Gasteiger partial charge in [-0.2, -0.15) is 15.0 Å². The Kier molecular flexibility index (Phi) is 8.91. The van der Waals surface area contributed by atoms with Crippen molar-refractivity contribution >= 4 is 11.9 Å². The van der Waals surface area contributed by atoms with E-state index in [1.54, 1.807) is 37.5 Å². The van der Waals surface area contributed by atoms with Crippen LogP contribution in [0.3, 0.4) is 0 Å². The average Bonchev–Trinajstić information content (AvgIpc) is 2.66. The zero-order chi connectivity index (χ0) is 22.3. The average molecular weight is 420 g/mol. The number of aliphatic hydroxyl groups is 4. The van der Waals surface area contributed by atoms with Crippen LogP contribution in [0.5, 0.6) is 0 Å². The number of hydrogen-bond acceptors (Lipinski definition) is 9. The number of aromatic nitrogens is 3. The molecule has 0 saturated carbocycles. The summed E-state index contributed by atoms with van der Waals surface area (Å²) in [4.78, 5) is 17.1. The quantitative estimate of drug-likeness (QED) is 0.416. The Bertz CT molecular complexity index is 709. The summed E-state index contributed by atoms with van der Waals surface area (Å²) in [7, 11) is 0. The van der Waals surface area contributed by atoms with Crippen LogP contribution in [0, 0.1) is 0 Å². The minimum Gasteiger partial charge on any atom is -0.392 e. The van der Waals surface area contributed by atoms with Gasteiger partial charge in [0.1, 0.15) is 0 Å². The first-order valence-electron chi connectivity index (χ1n) is 10.2. The van der Waals surface area contributed by atoms with Crippen molar-refractivity contribution in [2.45, 2.75) is 52.1 Å². The van der Waals surface area contributed by atoms with E-state index in [4.69, 9.17) is 0 Å². The third kappa shape index (κ3) is 7.49. The Balaban J connectivity index is 2.58. The van der Waals surface area contributed by atoms with Gasteiger partial charge in [-0.1, -0.05) is 30.3 Å². The molecule has 2 rings (SSSR count). The van der Waals surface area contributed by atoms with Crippen LogP contribution < -0.4 is 9.80 Å². The summed E-state index contributed by atoms with van der Waals surface area (Å²) in [5.41, 5.74) is 0.783. The van der Waals surface area contributed by atoms with Crippen molar-refractivity contribution in [3.63, 3.8) is 0 Å². The van der Waals surface area contributed by atoms with E-state index < -0.39 is 24.4 Å². The van der Waals surface area contributed by atoms with Crippen LogP contribution in [0.4, 0.5) is 11.9 Å². The molecule has 0 fully saturated rings. The van der Waals surface area contributed by atoms with Crippen LogP contribution in [-0.2, 0) is 0 Å². The molecule has 0 saturated heterocycles. The molecule has 4 atom stereocenters. The van der Waals surface area contributed by atoms with E-state index in [1.165, 1.54) is 0 Å². The van der Waals surface area contributed by atoms with Crippen LogP contribution in [0.25, 0.3) is 11.4 Å². The summed E-state index contributed by atoms with van der Waals surface area (Å²) in [5, 5.41) is 39.7. The first kappa shape index (κ1) is 23.9. The lowest BCUT2D eigenvalue weighted by molar-refractivity contribution is 0.177. The van der Waals surface area contributed by atoms with Gasteiger partial charge < -0.3 is 30.2 Å². The zero-order valence-electron chi connectivity index (χ0n) is 18.0. The molecule has 0 aliphatic heterocycles. The van der Waals surface area contributed by atoms with E-state index in [2.05, 4.69) is 15.0 Å². The lowest BCUT2D eigenvalue weighted by Gasteiger charge is -2.29. The van der Waals surface area contributed by atoms with E-state index in [0.717, 1.165) is 5.56 Å². The molecule has 0 aliphatic carbocycles. The number of nitrogens with zero attached hydrogens (tertiary/aromatic N) is 5. The third-order valence-electron chi connectivity index (χ3n) is 4.15. The molecule has 4 N–H and O–H groups in total. The highest BCUT2D eigenvalue weighted by atomic mass is 16.3. The Morgan fingerprint density at radius 2 is 1.00 bits per heavy atom. The smallest absolute Gasteiger partial charge is 0.230 e. The normalized spacial score (nSPS) is 15.3. The summed E-state index contributed by atoms with van der Waals surface area (Å²) >= 11 is 0. The number of hydrogen-bond donors (Lipinski definition) is 4. The molecule has 2 aromatic rings. The summed E-state index contributed by atoms with van der Waals surface area (Å²) in [5.74, 6) is 1.04. The van der Waals surface area contributed by atoms with Crippen molar-refractivity contribution in [3.05, 3.63) is 30.3 Å². The fourth-order valence-corrected chi connectivity index (χ4v) is 3.10. The van der Waals surface area contributed by atoms with Gasteiger partial charge in [0.05, 0.1) is 24.4 Å². The second-order valence-electron chi connectivity index (χ2n) is 7.83. The van der Waals surface area contributed by atoms with Gasteiger partial charge in [-0.3, -0.25) is 0 Å². The summed E-state index contributed by atoms with van der Waals surface area (Å²) < 4.78 is 0. The van der Waals surface area contributed by atoms with Crippen molar-refractivity contribution < 1.29 is 20.4 Å². The number of benzene rings is 1. The SMILES string of the molecule is CC(O)CN(CC(C)O)c1nc(-c2ccccc2)nc(N(CC(C)O)CC(C)O)n1. The van der Waals surface area contributed by atoms with E-state index in [0.29, 0.717) is 17.7 Å². The van der Waals surface area contributed by atoms with Gasteiger partial charge >= 0.3 is 0 Å². The predicted octanol–water partition coefficient (Wildman–Crippen LogP) is 0.675. The Hall–Kier alpha value is -2.33. The monoisotopic (exact) mass is 419 g/mol. The van der Waals surface area contributed by atoms with Gasteiger partial charge in [0, 0.05) is 31.7 Å². The molecular weight excluding hydrogens is 386 g/mol. The summed E-state index contributed by atoms with van der Waals surface area (Å²) in [6, 6.07) is 9.41. The lowest BCUT2D eigenvalue weighted by Crippen LogP contribution is -2.40. The van der Waals surface area contributed by atoms with Crippen molar-refractivity contribution in [2.24, 2.45) is 0 Å². The summed E-state index contributed by atoms with van der Waals surface area (Å²) in [6.45, 7) is 7.55. The first-order chi connectivity index (χ1) is 14.2. The summed E-state index contributed by atoms with van der Waals surface area (Å²) in [6.07, 6.45) is -2.63. The van der Waals surface area contributed by atoms with Crippen molar-refractivity contribution in [1.29, 1.82) is 0 Å². The molecule has 166 valence electrons. The van der Waals surface area contributed by atoms with E-state index >= 15 is 0 Å². The number of anilines is 2.